The summed E-state index contributed by atoms with van der Waals surface area (Å²) >= 11 is 0. The first-order valence-corrected chi connectivity index (χ1v) is 9.02. The van der Waals surface area contributed by atoms with Crippen molar-refractivity contribution in [2.24, 2.45) is 4.99 Å². The Bertz CT molecular complexity index is 813. The molecule has 0 saturated carbocycles. The maximum Gasteiger partial charge on any atom is 0.368 e. The molecule has 0 radical (unpaired) electrons. The zero-order valence-electron chi connectivity index (χ0n) is 16.6. The molecule has 9 heteroatoms. The summed E-state index contributed by atoms with van der Waals surface area (Å²) in [5.41, 5.74) is 0.923. The normalized spacial score (nSPS) is 15.6. The molecule has 1 heterocycles. The molecule has 1 aromatic rings. The van der Waals surface area contributed by atoms with Gasteiger partial charge in [-0.1, -0.05) is 30.3 Å². The van der Waals surface area contributed by atoms with Gasteiger partial charge in [0.05, 0.1) is 19.6 Å². The molecule has 156 valence electrons. The van der Waals surface area contributed by atoms with Crippen molar-refractivity contribution < 1.29 is 33.7 Å². The van der Waals surface area contributed by atoms with Gasteiger partial charge < -0.3 is 24.2 Å². The topological polar surface area (TPSA) is 115 Å². The fraction of sp³-hybridized carbons (Fsp3) is 0.400. The zero-order chi connectivity index (χ0) is 21.4. The van der Waals surface area contributed by atoms with Gasteiger partial charge in [0.2, 0.25) is 0 Å². The van der Waals surface area contributed by atoms with Gasteiger partial charge in [-0.15, -0.1) is 0 Å². The summed E-state index contributed by atoms with van der Waals surface area (Å²) in [5, 5.41) is 9.01. The van der Waals surface area contributed by atoms with Crippen LogP contribution in [-0.4, -0.2) is 66.8 Å². The van der Waals surface area contributed by atoms with Crippen molar-refractivity contribution >= 4 is 29.8 Å². The Balaban J connectivity index is 2.44. The smallest absolute Gasteiger partial charge is 0.368 e. The number of nitrogens with zero attached hydrogens (tertiary/aromatic N) is 2. The molecule has 0 atom stereocenters. The van der Waals surface area contributed by atoms with E-state index in [1.54, 1.807) is 25.1 Å². The second-order valence-corrected chi connectivity index (χ2v) is 6.13. The number of amidine groups is 1. The molecule has 0 saturated heterocycles. The van der Waals surface area contributed by atoms with Gasteiger partial charge in [-0.25, -0.2) is 4.79 Å². The third-order valence-corrected chi connectivity index (χ3v) is 4.33. The fourth-order valence-electron chi connectivity index (χ4n) is 2.82. The molecule has 0 fully saturated rings. The standard InChI is InChI=1S/C20H24N2O7/c1-4-29-19(26)20(27-2,28-3)13-22-15(12-14-8-6-5-7-9-14)18(25)21-16(22)10-11-17(23)24/h5-9,12H,4,10-11,13H2,1-3H3,(H,23,24). The summed E-state index contributed by atoms with van der Waals surface area (Å²) in [5.74, 6) is -3.95. The van der Waals surface area contributed by atoms with E-state index < -0.39 is 23.6 Å². The Morgan fingerprint density at radius 2 is 1.86 bits per heavy atom. The van der Waals surface area contributed by atoms with Crippen LogP contribution in [0.15, 0.2) is 41.0 Å². The minimum absolute atomic E-state index is 0.000459. The SMILES string of the molecule is CCOC(=O)C(CN1C(=Cc2ccccc2)C(=O)N=C1CCC(=O)O)(OC)OC. The number of aliphatic carboxylic acids is 1. The van der Waals surface area contributed by atoms with Crippen LogP contribution in [0, 0.1) is 0 Å². The summed E-state index contributed by atoms with van der Waals surface area (Å²) in [6.45, 7) is 1.52. The van der Waals surface area contributed by atoms with Crippen molar-refractivity contribution in [3.8, 4) is 0 Å². The monoisotopic (exact) mass is 404 g/mol. The second kappa shape index (κ2) is 9.94. The van der Waals surface area contributed by atoms with Gasteiger partial charge in [0.25, 0.3) is 11.7 Å². The average molecular weight is 404 g/mol. The number of amides is 1. The van der Waals surface area contributed by atoms with Crippen LogP contribution in [0.4, 0.5) is 0 Å². The quantitative estimate of drug-likeness (QED) is 0.356. The number of carbonyl (C=O) groups excluding carboxylic acids is 2. The van der Waals surface area contributed by atoms with Crippen LogP contribution in [-0.2, 0) is 28.6 Å². The molecule has 29 heavy (non-hydrogen) atoms. The second-order valence-electron chi connectivity index (χ2n) is 6.13. The highest BCUT2D eigenvalue weighted by atomic mass is 16.7. The molecule has 0 aliphatic carbocycles. The van der Waals surface area contributed by atoms with Gasteiger partial charge in [-0.05, 0) is 18.6 Å². The van der Waals surface area contributed by atoms with E-state index in [1.807, 2.05) is 18.2 Å². The highest BCUT2D eigenvalue weighted by molar-refractivity contribution is 6.13. The predicted molar refractivity (Wildman–Crippen MR) is 104 cm³/mol. The number of ether oxygens (including phenoxy) is 3. The van der Waals surface area contributed by atoms with E-state index in [0.29, 0.717) is 0 Å². The van der Waals surface area contributed by atoms with Crippen molar-refractivity contribution in [2.75, 3.05) is 27.4 Å². The first kappa shape index (κ1) is 22.3. The number of hydrogen-bond donors (Lipinski definition) is 1. The zero-order valence-corrected chi connectivity index (χ0v) is 16.6. The van der Waals surface area contributed by atoms with Gasteiger partial charge in [0, 0.05) is 20.6 Å². The largest absolute Gasteiger partial charge is 0.481 e. The predicted octanol–water partition coefficient (Wildman–Crippen LogP) is 1.69. The van der Waals surface area contributed by atoms with E-state index in [2.05, 4.69) is 4.99 Å². The average Bonchev–Trinajstić information content (AvgIpc) is 3.00. The highest BCUT2D eigenvalue weighted by Gasteiger charge is 2.46. The number of carboxylic acid groups (broad SMARTS) is 1. The van der Waals surface area contributed by atoms with Crippen LogP contribution in [0.3, 0.4) is 0 Å². The molecule has 0 unspecified atom stereocenters. The van der Waals surface area contributed by atoms with E-state index in [0.717, 1.165) is 5.56 Å². The van der Waals surface area contributed by atoms with E-state index in [1.165, 1.54) is 19.1 Å². The molecule has 0 aromatic heterocycles. The third-order valence-electron chi connectivity index (χ3n) is 4.33. The molecular weight excluding hydrogens is 380 g/mol. The third kappa shape index (κ3) is 5.27. The number of rotatable bonds is 10. The Morgan fingerprint density at radius 3 is 2.41 bits per heavy atom. The number of methoxy groups -OCH3 is 2. The lowest BCUT2D eigenvalue weighted by molar-refractivity contribution is -0.231. The summed E-state index contributed by atoms with van der Waals surface area (Å²) in [4.78, 5) is 41.5. The minimum atomic E-state index is -1.82. The molecule has 1 aliphatic rings. The Labute approximate surface area is 168 Å². The fourth-order valence-corrected chi connectivity index (χ4v) is 2.82. The van der Waals surface area contributed by atoms with E-state index >= 15 is 0 Å². The molecule has 1 aromatic carbocycles. The highest BCUT2D eigenvalue weighted by Crippen LogP contribution is 2.26. The Hall–Kier alpha value is -3.04. The first-order chi connectivity index (χ1) is 13.9. The van der Waals surface area contributed by atoms with Gasteiger partial charge >= 0.3 is 11.9 Å². The molecule has 1 amide bonds. The summed E-state index contributed by atoms with van der Waals surface area (Å²) in [6.07, 6.45) is 1.38. The van der Waals surface area contributed by atoms with Gasteiger partial charge in [-0.3, -0.25) is 9.59 Å². The lowest BCUT2D eigenvalue weighted by atomic mass is 10.1. The molecule has 9 nitrogen and oxygen atoms in total. The van der Waals surface area contributed by atoms with Gasteiger partial charge in [-0.2, -0.15) is 4.99 Å². The maximum atomic E-state index is 12.6. The van der Waals surface area contributed by atoms with Crippen LogP contribution >= 0.6 is 0 Å². The van der Waals surface area contributed by atoms with Crippen molar-refractivity contribution in [2.45, 2.75) is 25.6 Å². The number of esters is 1. The lowest BCUT2D eigenvalue weighted by Crippen LogP contribution is -2.53. The maximum absolute atomic E-state index is 12.6. The van der Waals surface area contributed by atoms with Crippen molar-refractivity contribution in [1.29, 1.82) is 0 Å². The van der Waals surface area contributed by atoms with Crippen LogP contribution in [0.25, 0.3) is 6.08 Å². The molecule has 0 bridgehead atoms. The lowest BCUT2D eigenvalue weighted by Gasteiger charge is -2.33. The summed E-state index contributed by atoms with van der Waals surface area (Å²) in [7, 11) is 2.57. The number of carboxylic acids is 1. The number of carbonyl (C=O) groups is 3. The van der Waals surface area contributed by atoms with Crippen LogP contribution in [0.1, 0.15) is 25.3 Å². The summed E-state index contributed by atoms with van der Waals surface area (Å²) in [6, 6.07) is 9.08. The van der Waals surface area contributed by atoms with Crippen molar-refractivity contribution in [1.82, 2.24) is 4.90 Å². The van der Waals surface area contributed by atoms with E-state index in [9.17, 15) is 14.4 Å². The minimum Gasteiger partial charge on any atom is -0.481 e. The van der Waals surface area contributed by atoms with E-state index in [4.69, 9.17) is 19.3 Å². The van der Waals surface area contributed by atoms with Crippen LogP contribution in [0.5, 0.6) is 0 Å². The van der Waals surface area contributed by atoms with Gasteiger partial charge in [0.15, 0.2) is 0 Å². The summed E-state index contributed by atoms with van der Waals surface area (Å²) < 4.78 is 15.7. The number of aliphatic imine (C=N–C) groups is 1. The van der Waals surface area contributed by atoms with Crippen LogP contribution < -0.4 is 0 Å². The molecule has 1 aliphatic heterocycles. The molecule has 2 rings (SSSR count). The van der Waals surface area contributed by atoms with Crippen molar-refractivity contribution in [3.63, 3.8) is 0 Å². The van der Waals surface area contributed by atoms with Gasteiger partial charge in [0.1, 0.15) is 11.5 Å². The van der Waals surface area contributed by atoms with Crippen LogP contribution in [0.2, 0.25) is 0 Å². The molecular formula is C20H24N2O7. The van der Waals surface area contributed by atoms with E-state index in [-0.39, 0.29) is 37.5 Å². The first-order valence-electron chi connectivity index (χ1n) is 9.02. The Morgan fingerprint density at radius 1 is 1.21 bits per heavy atom. The Kier molecular flexibility index (Phi) is 7.63. The molecule has 0 spiro atoms. The van der Waals surface area contributed by atoms with Crippen molar-refractivity contribution in [3.05, 3.63) is 41.6 Å². The number of hydrogen-bond acceptors (Lipinski definition) is 7. The molecule has 1 N–H and O–H groups in total. The number of benzene rings is 1.